The lowest BCUT2D eigenvalue weighted by Crippen LogP contribution is -2.49. The molecule has 0 radical (unpaired) electrons. The van der Waals surface area contributed by atoms with E-state index in [1.807, 2.05) is 0 Å². The van der Waals surface area contributed by atoms with Crippen LogP contribution in [-0.2, 0) is 17.4 Å². The summed E-state index contributed by atoms with van der Waals surface area (Å²) in [6.07, 6.45) is -3.07. The number of thiazole rings is 1. The number of alkyl halides is 3. The highest BCUT2D eigenvalue weighted by Crippen LogP contribution is 2.33. The van der Waals surface area contributed by atoms with Crippen molar-refractivity contribution in [2.24, 2.45) is 0 Å². The van der Waals surface area contributed by atoms with Crippen LogP contribution in [0.3, 0.4) is 0 Å². The lowest BCUT2D eigenvalue weighted by molar-refractivity contribution is -0.137. The highest BCUT2D eigenvalue weighted by atomic mass is 32.1. The number of carbonyl (C=O) groups excluding carboxylic acids is 2. The fourth-order valence-corrected chi connectivity index (χ4v) is 4.26. The molecule has 0 bridgehead atoms. The molecule has 0 aliphatic carbocycles. The number of aliphatic hydroxyl groups is 1. The molecule has 8 nitrogen and oxygen atoms in total. The molecule has 2 aromatic heterocycles. The van der Waals surface area contributed by atoms with Gasteiger partial charge in [0.25, 0.3) is 11.8 Å². The molecule has 1 aliphatic heterocycles. The number of hydrogen-bond donors (Lipinski definition) is 2. The number of fused-ring (bicyclic) bond motifs is 1. The Labute approximate surface area is 220 Å². The van der Waals surface area contributed by atoms with E-state index in [1.54, 1.807) is 45.2 Å². The van der Waals surface area contributed by atoms with Crippen molar-refractivity contribution in [1.29, 1.82) is 0 Å². The Morgan fingerprint density at radius 2 is 2.05 bits per heavy atom. The van der Waals surface area contributed by atoms with E-state index in [0.29, 0.717) is 33.9 Å². The van der Waals surface area contributed by atoms with Gasteiger partial charge in [0.2, 0.25) is 0 Å². The van der Waals surface area contributed by atoms with E-state index in [-0.39, 0.29) is 24.4 Å². The Morgan fingerprint density at radius 3 is 2.74 bits per heavy atom. The average molecular weight is 545 g/mol. The lowest BCUT2D eigenvalue weighted by Gasteiger charge is -2.20. The van der Waals surface area contributed by atoms with Crippen molar-refractivity contribution in [2.45, 2.75) is 38.1 Å². The van der Waals surface area contributed by atoms with Gasteiger partial charge in [0, 0.05) is 30.6 Å². The summed E-state index contributed by atoms with van der Waals surface area (Å²) in [5, 5.41) is 12.8. The SMILES string of the molecule is CN1C(=O)[C@@H](NC(=O)c2cc(Cc3csc(C(F)(F)F)n3)ccn2)COc2ccc(C#CC(C)(C)O)cc21. The Morgan fingerprint density at radius 1 is 1.29 bits per heavy atom. The highest BCUT2D eigenvalue weighted by Gasteiger charge is 2.34. The fourth-order valence-electron chi connectivity index (χ4n) is 3.57. The summed E-state index contributed by atoms with van der Waals surface area (Å²) >= 11 is 0.506. The molecule has 38 heavy (non-hydrogen) atoms. The van der Waals surface area contributed by atoms with Gasteiger partial charge in [-0.3, -0.25) is 14.6 Å². The Hall–Kier alpha value is -3.95. The van der Waals surface area contributed by atoms with Crippen molar-refractivity contribution in [1.82, 2.24) is 15.3 Å². The highest BCUT2D eigenvalue weighted by molar-refractivity contribution is 7.09. The van der Waals surface area contributed by atoms with Crippen molar-refractivity contribution in [3.05, 3.63) is 69.4 Å². The topological polar surface area (TPSA) is 105 Å². The first-order valence-electron chi connectivity index (χ1n) is 11.4. The summed E-state index contributed by atoms with van der Waals surface area (Å²) in [6, 6.07) is 7.01. The quantitative estimate of drug-likeness (QED) is 0.488. The van der Waals surface area contributed by atoms with Crippen LogP contribution in [-0.4, -0.2) is 52.2 Å². The van der Waals surface area contributed by atoms with Crippen molar-refractivity contribution >= 4 is 28.8 Å². The van der Waals surface area contributed by atoms with Crippen LogP contribution in [0.15, 0.2) is 41.9 Å². The molecule has 12 heteroatoms. The van der Waals surface area contributed by atoms with Crippen LogP contribution in [0.2, 0.25) is 0 Å². The van der Waals surface area contributed by atoms with Crippen molar-refractivity contribution in [2.75, 3.05) is 18.6 Å². The summed E-state index contributed by atoms with van der Waals surface area (Å²) in [5.74, 6) is 4.92. The number of benzene rings is 1. The minimum Gasteiger partial charge on any atom is -0.489 e. The molecule has 1 atom stereocenters. The maximum atomic E-state index is 13.1. The van der Waals surface area contributed by atoms with Crippen molar-refractivity contribution in [3.63, 3.8) is 0 Å². The largest absolute Gasteiger partial charge is 0.489 e. The van der Waals surface area contributed by atoms with Crippen LogP contribution < -0.4 is 15.0 Å². The minimum absolute atomic E-state index is 0.00447. The first-order chi connectivity index (χ1) is 17.8. The Kier molecular flexibility index (Phi) is 7.44. The zero-order valence-electron chi connectivity index (χ0n) is 20.6. The molecule has 0 saturated heterocycles. The second-order valence-electron chi connectivity index (χ2n) is 9.09. The molecular weight excluding hydrogens is 521 g/mol. The third-order valence-electron chi connectivity index (χ3n) is 5.41. The summed E-state index contributed by atoms with van der Waals surface area (Å²) in [4.78, 5) is 35.1. The molecule has 198 valence electrons. The Bertz CT molecular complexity index is 1440. The number of halogens is 3. The smallest absolute Gasteiger partial charge is 0.443 e. The standard InChI is InChI=1S/C26H23F3N4O4S/c1-25(2,36)8-6-15-4-5-21-20(12-15)33(3)23(35)19(13-37-21)32-22(34)18-11-16(7-9-30-18)10-17-14-38-24(31-17)26(27,28)29/h4-5,7,9,11-12,14,19,36H,10,13H2,1-3H3,(H,32,34)/t19-/m0/s1. The van der Waals surface area contributed by atoms with Crippen LogP contribution in [0.25, 0.3) is 0 Å². The number of aromatic nitrogens is 2. The average Bonchev–Trinajstić information content (AvgIpc) is 3.29. The van der Waals surface area contributed by atoms with Gasteiger partial charge in [-0.1, -0.05) is 11.8 Å². The van der Waals surface area contributed by atoms with Crippen molar-refractivity contribution in [3.8, 4) is 17.6 Å². The summed E-state index contributed by atoms with van der Waals surface area (Å²) in [5.41, 5.74) is 0.596. The lowest BCUT2D eigenvalue weighted by atomic mass is 10.1. The molecule has 2 N–H and O–H groups in total. The van der Waals surface area contributed by atoms with Crippen LogP contribution in [0, 0.1) is 11.8 Å². The molecule has 1 aliphatic rings. The van der Waals surface area contributed by atoms with Gasteiger partial charge in [-0.05, 0) is 49.7 Å². The van der Waals surface area contributed by atoms with E-state index in [2.05, 4.69) is 27.1 Å². The predicted molar refractivity (Wildman–Crippen MR) is 134 cm³/mol. The first kappa shape index (κ1) is 27.1. The molecule has 4 rings (SSSR count). The number of ether oxygens (including phenoxy) is 1. The zero-order chi connectivity index (χ0) is 27.7. The van der Waals surface area contributed by atoms with E-state index < -0.39 is 34.6 Å². The number of nitrogens with zero attached hydrogens (tertiary/aromatic N) is 3. The number of hydrogen-bond acceptors (Lipinski definition) is 7. The second kappa shape index (κ2) is 10.4. The third kappa shape index (κ3) is 6.48. The van der Waals surface area contributed by atoms with Gasteiger partial charge < -0.3 is 20.1 Å². The van der Waals surface area contributed by atoms with Gasteiger partial charge in [0.15, 0.2) is 5.01 Å². The van der Waals surface area contributed by atoms with E-state index in [9.17, 15) is 27.9 Å². The first-order valence-corrected chi connectivity index (χ1v) is 12.3. The van der Waals surface area contributed by atoms with E-state index in [1.165, 1.54) is 22.5 Å². The normalized spacial score (nSPS) is 15.6. The van der Waals surface area contributed by atoms with E-state index in [0.717, 1.165) is 0 Å². The van der Waals surface area contributed by atoms with Gasteiger partial charge in [-0.15, -0.1) is 11.3 Å². The van der Waals surface area contributed by atoms with Crippen molar-refractivity contribution < 1.29 is 32.6 Å². The predicted octanol–water partition coefficient (Wildman–Crippen LogP) is 3.42. The maximum absolute atomic E-state index is 13.1. The monoisotopic (exact) mass is 544 g/mol. The van der Waals surface area contributed by atoms with E-state index in [4.69, 9.17) is 4.74 Å². The molecule has 3 aromatic rings. The van der Waals surface area contributed by atoms with Crippen LogP contribution >= 0.6 is 11.3 Å². The maximum Gasteiger partial charge on any atom is 0.443 e. The number of rotatable bonds is 4. The van der Waals surface area contributed by atoms with Crippen LogP contribution in [0.1, 0.15) is 46.2 Å². The van der Waals surface area contributed by atoms with Crippen LogP contribution in [0.5, 0.6) is 5.75 Å². The third-order valence-corrected chi connectivity index (χ3v) is 6.34. The summed E-state index contributed by atoms with van der Waals surface area (Å²) in [7, 11) is 1.55. The van der Waals surface area contributed by atoms with Gasteiger partial charge in [-0.2, -0.15) is 13.2 Å². The number of nitrogens with one attached hydrogen (secondary N) is 1. The molecular formula is C26H23F3N4O4S. The zero-order valence-corrected chi connectivity index (χ0v) is 21.4. The molecule has 0 saturated carbocycles. The van der Waals surface area contributed by atoms with Gasteiger partial charge in [0.1, 0.15) is 29.7 Å². The van der Waals surface area contributed by atoms with E-state index >= 15 is 0 Å². The molecule has 2 amide bonds. The molecule has 0 unspecified atom stereocenters. The van der Waals surface area contributed by atoms with Gasteiger partial charge in [0.05, 0.1) is 11.4 Å². The number of carbonyl (C=O) groups is 2. The fraction of sp³-hybridized carbons (Fsp3) is 0.308. The Balaban J connectivity index is 1.47. The molecule has 0 spiro atoms. The number of amides is 2. The van der Waals surface area contributed by atoms with Gasteiger partial charge in [-0.25, -0.2) is 4.98 Å². The molecule has 1 aromatic carbocycles. The molecule has 3 heterocycles. The summed E-state index contributed by atoms with van der Waals surface area (Å²) in [6.45, 7) is 2.99. The summed E-state index contributed by atoms with van der Waals surface area (Å²) < 4.78 is 44.3. The van der Waals surface area contributed by atoms with Crippen LogP contribution in [0.4, 0.5) is 18.9 Å². The van der Waals surface area contributed by atoms with Gasteiger partial charge >= 0.3 is 6.18 Å². The minimum atomic E-state index is -4.52. The molecule has 0 fully saturated rings. The number of anilines is 1. The second-order valence-corrected chi connectivity index (χ2v) is 9.95. The number of pyridine rings is 1. The number of likely N-dealkylation sites (N-methyl/N-ethyl adjacent to an activating group) is 1.